The standard InChI is InChI=1S/C10H15N3O3/c1-10(2,3)16-9(14)13-6-4-5-7(13)8(11)12-15/h4-6,15H,1-3H3,(H2,11,12). The van der Waals surface area contributed by atoms with Crippen molar-refractivity contribution in [3.8, 4) is 0 Å². The molecular formula is C10H15N3O3. The molecule has 0 saturated heterocycles. The monoisotopic (exact) mass is 225 g/mol. The van der Waals surface area contributed by atoms with E-state index in [1.807, 2.05) is 0 Å². The van der Waals surface area contributed by atoms with E-state index in [9.17, 15) is 4.79 Å². The van der Waals surface area contributed by atoms with Gasteiger partial charge in [0.25, 0.3) is 0 Å². The third-order valence-electron chi connectivity index (χ3n) is 1.71. The summed E-state index contributed by atoms with van der Waals surface area (Å²) in [6, 6.07) is 3.16. The first-order valence-corrected chi connectivity index (χ1v) is 4.74. The molecule has 0 aliphatic carbocycles. The fourth-order valence-corrected chi connectivity index (χ4v) is 1.11. The maximum absolute atomic E-state index is 11.7. The van der Waals surface area contributed by atoms with Gasteiger partial charge in [-0.1, -0.05) is 5.16 Å². The van der Waals surface area contributed by atoms with Crippen molar-refractivity contribution in [3.63, 3.8) is 0 Å². The molecule has 6 nitrogen and oxygen atoms in total. The van der Waals surface area contributed by atoms with Gasteiger partial charge in [-0.2, -0.15) is 0 Å². The first kappa shape index (κ1) is 12.1. The Bertz CT molecular complexity index is 415. The molecule has 0 fully saturated rings. The van der Waals surface area contributed by atoms with E-state index in [2.05, 4.69) is 5.16 Å². The zero-order chi connectivity index (χ0) is 12.3. The van der Waals surface area contributed by atoms with Gasteiger partial charge in [-0.25, -0.2) is 9.36 Å². The minimum atomic E-state index is -0.594. The molecule has 0 aliphatic heterocycles. The summed E-state index contributed by atoms with van der Waals surface area (Å²) in [5.74, 6) is -0.143. The summed E-state index contributed by atoms with van der Waals surface area (Å²) in [4.78, 5) is 11.7. The van der Waals surface area contributed by atoms with Gasteiger partial charge in [0.2, 0.25) is 0 Å². The molecule has 0 aromatic carbocycles. The second-order valence-corrected chi connectivity index (χ2v) is 4.23. The largest absolute Gasteiger partial charge is 0.443 e. The number of amidine groups is 1. The van der Waals surface area contributed by atoms with Crippen LogP contribution in [0.3, 0.4) is 0 Å². The van der Waals surface area contributed by atoms with Gasteiger partial charge >= 0.3 is 6.09 Å². The average Bonchev–Trinajstić information content (AvgIpc) is 2.62. The van der Waals surface area contributed by atoms with E-state index in [4.69, 9.17) is 15.7 Å². The molecule has 0 atom stereocenters. The minimum absolute atomic E-state index is 0.143. The fraction of sp³-hybridized carbons (Fsp3) is 0.400. The van der Waals surface area contributed by atoms with Crippen molar-refractivity contribution in [2.24, 2.45) is 10.9 Å². The molecule has 1 heterocycles. The van der Waals surface area contributed by atoms with Crippen LogP contribution in [0, 0.1) is 0 Å². The van der Waals surface area contributed by atoms with Crippen molar-refractivity contribution in [1.29, 1.82) is 0 Å². The van der Waals surface area contributed by atoms with Crippen LogP contribution in [0.25, 0.3) is 0 Å². The molecule has 6 heteroatoms. The Kier molecular flexibility index (Phi) is 3.22. The predicted molar refractivity (Wildman–Crippen MR) is 58.6 cm³/mol. The first-order valence-electron chi connectivity index (χ1n) is 4.74. The number of carbonyl (C=O) groups is 1. The highest BCUT2D eigenvalue weighted by Gasteiger charge is 2.20. The van der Waals surface area contributed by atoms with Crippen LogP contribution in [0.5, 0.6) is 0 Å². The third kappa shape index (κ3) is 2.75. The summed E-state index contributed by atoms with van der Waals surface area (Å²) in [7, 11) is 0. The highest BCUT2D eigenvalue weighted by Crippen LogP contribution is 2.11. The lowest BCUT2D eigenvalue weighted by Gasteiger charge is -2.20. The van der Waals surface area contributed by atoms with Crippen molar-refractivity contribution < 1.29 is 14.7 Å². The molecule has 1 aromatic heterocycles. The summed E-state index contributed by atoms with van der Waals surface area (Å²) in [5.41, 5.74) is 5.11. The highest BCUT2D eigenvalue weighted by atomic mass is 16.6. The molecular weight excluding hydrogens is 210 g/mol. The van der Waals surface area contributed by atoms with Crippen molar-refractivity contribution in [2.45, 2.75) is 26.4 Å². The minimum Gasteiger partial charge on any atom is -0.443 e. The topological polar surface area (TPSA) is 89.8 Å². The van der Waals surface area contributed by atoms with E-state index < -0.39 is 11.7 Å². The maximum atomic E-state index is 11.7. The Morgan fingerprint density at radius 3 is 2.69 bits per heavy atom. The molecule has 0 bridgehead atoms. The quantitative estimate of drug-likeness (QED) is 0.327. The van der Waals surface area contributed by atoms with Gasteiger partial charge in [0, 0.05) is 6.20 Å². The van der Waals surface area contributed by atoms with Crippen molar-refractivity contribution in [1.82, 2.24) is 4.57 Å². The Labute approximate surface area is 93.3 Å². The van der Waals surface area contributed by atoms with Gasteiger partial charge in [-0.3, -0.25) is 0 Å². The van der Waals surface area contributed by atoms with Crippen molar-refractivity contribution in [2.75, 3.05) is 0 Å². The number of rotatable bonds is 1. The maximum Gasteiger partial charge on any atom is 0.419 e. The van der Waals surface area contributed by atoms with Crippen LogP contribution in [0.15, 0.2) is 23.5 Å². The van der Waals surface area contributed by atoms with Crippen molar-refractivity contribution >= 4 is 11.9 Å². The van der Waals surface area contributed by atoms with Gasteiger partial charge in [0.15, 0.2) is 5.84 Å². The Morgan fingerprint density at radius 1 is 1.56 bits per heavy atom. The molecule has 0 saturated carbocycles. The lowest BCUT2D eigenvalue weighted by atomic mass is 10.2. The summed E-state index contributed by atoms with van der Waals surface area (Å²) in [6.07, 6.45) is 0.917. The first-order chi connectivity index (χ1) is 7.35. The predicted octanol–water partition coefficient (Wildman–Crippen LogP) is 1.37. The van der Waals surface area contributed by atoms with E-state index in [1.54, 1.807) is 32.9 Å². The van der Waals surface area contributed by atoms with E-state index >= 15 is 0 Å². The van der Waals surface area contributed by atoms with Crippen LogP contribution < -0.4 is 5.73 Å². The zero-order valence-electron chi connectivity index (χ0n) is 9.47. The normalized spacial score (nSPS) is 12.6. The smallest absolute Gasteiger partial charge is 0.419 e. The van der Waals surface area contributed by atoms with E-state index in [1.165, 1.54) is 10.8 Å². The number of ether oxygens (including phenoxy) is 1. The Balaban J connectivity index is 2.97. The Morgan fingerprint density at radius 2 is 2.19 bits per heavy atom. The van der Waals surface area contributed by atoms with Crippen LogP contribution in [0.2, 0.25) is 0 Å². The average molecular weight is 225 g/mol. The summed E-state index contributed by atoms with van der Waals surface area (Å²) >= 11 is 0. The third-order valence-corrected chi connectivity index (χ3v) is 1.71. The van der Waals surface area contributed by atoms with Gasteiger partial charge < -0.3 is 15.7 Å². The molecule has 1 rings (SSSR count). The fourth-order valence-electron chi connectivity index (χ4n) is 1.11. The van der Waals surface area contributed by atoms with E-state index in [0.717, 1.165) is 0 Å². The van der Waals surface area contributed by atoms with Crippen LogP contribution in [-0.4, -0.2) is 27.3 Å². The number of oxime groups is 1. The van der Waals surface area contributed by atoms with E-state index in [0.29, 0.717) is 0 Å². The number of nitrogens with two attached hydrogens (primary N) is 1. The highest BCUT2D eigenvalue weighted by molar-refractivity contribution is 5.98. The second kappa shape index (κ2) is 4.26. The molecule has 0 aliphatic rings. The van der Waals surface area contributed by atoms with Gasteiger partial charge in [0.1, 0.15) is 5.60 Å². The van der Waals surface area contributed by atoms with Crippen LogP contribution in [0.1, 0.15) is 26.5 Å². The molecule has 16 heavy (non-hydrogen) atoms. The van der Waals surface area contributed by atoms with Gasteiger partial charge in [0.05, 0.1) is 5.69 Å². The number of carbonyl (C=O) groups excluding carboxylic acids is 1. The van der Waals surface area contributed by atoms with Gasteiger partial charge in [-0.05, 0) is 32.9 Å². The van der Waals surface area contributed by atoms with Crippen molar-refractivity contribution in [3.05, 3.63) is 24.0 Å². The molecule has 1 aromatic rings. The van der Waals surface area contributed by atoms with Crippen LogP contribution >= 0.6 is 0 Å². The van der Waals surface area contributed by atoms with Crippen LogP contribution in [-0.2, 0) is 4.74 Å². The molecule has 3 N–H and O–H groups in total. The Hall–Kier alpha value is -1.98. The molecule has 0 radical (unpaired) electrons. The number of aromatic nitrogens is 1. The van der Waals surface area contributed by atoms with E-state index in [-0.39, 0.29) is 11.5 Å². The number of nitrogens with zero attached hydrogens (tertiary/aromatic N) is 2. The SMILES string of the molecule is CC(C)(C)OC(=O)n1cccc1C(N)=NO. The van der Waals surface area contributed by atoms with Gasteiger partial charge in [-0.15, -0.1) is 0 Å². The number of hydrogen-bond donors (Lipinski definition) is 2. The molecule has 88 valence electrons. The molecule has 0 amide bonds. The number of hydrogen-bond acceptors (Lipinski definition) is 4. The van der Waals surface area contributed by atoms with Crippen LogP contribution in [0.4, 0.5) is 4.79 Å². The summed E-state index contributed by atoms with van der Waals surface area (Å²) < 4.78 is 6.33. The second-order valence-electron chi connectivity index (χ2n) is 4.23. The zero-order valence-corrected chi connectivity index (χ0v) is 9.47. The summed E-state index contributed by atoms with van der Waals surface area (Å²) in [6.45, 7) is 5.28. The lowest BCUT2D eigenvalue weighted by Crippen LogP contribution is -2.29. The molecule has 0 unspecified atom stereocenters. The molecule has 0 spiro atoms. The lowest BCUT2D eigenvalue weighted by molar-refractivity contribution is 0.0536. The summed E-state index contributed by atoms with van der Waals surface area (Å²) in [5, 5.41) is 11.4.